The van der Waals surface area contributed by atoms with Gasteiger partial charge >= 0.3 is 0 Å². The van der Waals surface area contributed by atoms with Crippen molar-refractivity contribution in [2.45, 2.75) is 37.8 Å². The lowest BCUT2D eigenvalue weighted by atomic mass is 9.91. The predicted molar refractivity (Wildman–Crippen MR) is 108 cm³/mol. The van der Waals surface area contributed by atoms with E-state index in [1.165, 1.54) is 6.20 Å². The number of benzene rings is 1. The molecule has 150 valence electrons. The number of nitrogens with zero attached hydrogens (tertiary/aromatic N) is 4. The Balaban J connectivity index is 1.63. The second-order valence-electron chi connectivity index (χ2n) is 7.13. The minimum atomic E-state index is -0.744. The van der Waals surface area contributed by atoms with E-state index < -0.39 is 5.91 Å². The van der Waals surface area contributed by atoms with Gasteiger partial charge in [0.15, 0.2) is 17.7 Å². The molecule has 0 radical (unpaired) electrons. The number of amides is 1. The first-order valence-corrected chi connectivity index (χ1v) is 9.47. The standard InChI is InChI=1S/C19H22N8O2/c20-13-5-1-2-6-14(13)23-19-24-18(16(17(21)28)25-26-19)22-12-7-8-15-11(10-12)4-3-9-27(15)29/h3-4,7-10,13-14H,1-2,5-6,20H2,(H2,21,28)(H2,22,23,24,26)/t13-,14+/m0/s1. The van der Waals surface area contributed by atoms with Crippen molar-refractivity contribution < 1.29 is 9.52 Å². The molecule has 0 unspecified atom stereocenters. The molecule has 1 aliphatic rings. The van der Waals surface area contributed by atoms with Crippen LogP contribution in [0.4, 0.5) is 17.5 Å². The first kappa shape index (κ1) is 18.8. The van der Waals surface area contributed by atoms with Gasteiger partial charge in [-0.25, -0.2) is 0 Å². The maximum Gasteiger partial charge on any atom is 0.273 e. The minimum Gasteiger partial charge on any atom is -0.618 e. The summed E-state index contributed by atoms with van der Waals surface area (Å²) in [4.78, 5) is 16.2. The third-order valence-corrected chi connectivity index (χ3v) is 5.08. The van der Waals surface area contributed by atoms with Crippen LogP contribution in [0.5, 0.6) is 0 Å². The SMILES string of the molecule is NC(=O)c1nnc(N[C@@H]2CCCC[C@@H]2N)nc1Nc1ccc2c(ccc[n+]2[O-])c1. The van der Waals surface area contributed by atoms with Gasteiger partial charge in [0.05, 0.1) is 0 Å². The van der Waals surface area contributed by atoms with Gasteiger partial charge in [-0.2, -0.15) is 9.71 Å². The number of hydrogen-bond donors (Lipinski definition) is 4. The Kier molecular flexibility index (Phi) is 5.09. The summed E-state index contributed by atoms with van der Waals surface area (Å²) in [6, 6.07) is 8.72. The van der Waals surface area contributed by atoms with Gasteiger partial charge in [0, 0.05) is 35.3 Å². The Bertz CT molecular complexity index is 1060. The van der Waals surface area contributed by atoms with Crippen LogP contribution in [0.15, 0.2) is 36.5 Å². The van der Waals surface area contributed by atoms with Crippen LogP contribution in [0.2, 0.25) is 0 Å². The molecule has 2 atom stereocenters. The molecule has 1 fully saturated rings. The minimum absolute atomic E-state index is 0.0128. The van der Waals surface area contributed by atoms with Crippen molar-refractivity contribution in [1.82, 2.24) is 15.2 Å². The normalized spacial score (nSPS) is 19.1. The summed E-state index contributed by atoms with van der Waals surface area (Å²) < 4.78 is 0.787. The highest BCUT2D eigenvalue weighted by Gasteiger charge is 2.23. The van der Waals surface area contributed by atoms with Crippen LogP contribution in [0.25, 0.3) is 10.9 Å². The molecule has 0 aliphatic heterocycles. The van der Waals surface area contributed by atoms with Gasteiger partial charge < -0.3 is 27.3 Å². The number of rotatable bonds is 5. The van der Waals surface area contributed by atoms with E-state index in [4.69, 9.17) is 11.5 Å². The summed E-state index contributed by atoms with van der Waals surface area (Å²) in [6.07, 6.45) is 5.48. The van der Waals surface area contributed by atoms with Crippen LogP contribution >= 0.6 is 0 Å². The number of fused-ring (bicyclic) bond motifs is 1. The highest BCUT2D eigenvalue weighted by molar-refractivity contribution is 5.96. The van der Waals surface area contributed by atoms with Gasteiger partial charge in [-0.3, -0.25) is 4.79 Å². The van der Waals surface area contributed by atoms with E-state index in [2.05, 4.69) is 25.8 Å². The summed E-state index contributed by atoms with van der Waals surface area (Å²) in [5.41, 5.74) is 12.7. The van der Waals surface area contributed by atoms with Crippen LogP contribution < -0.4 is 26.8 Å². The molecule has 1 aliphatic carbocycles. The molecule has 0 spiro atoms. The summed E-state index contributed by atoms with van der Waals surface area (Å²) >= 11 is 0. The maximum absolute atomic E-state index is 11.8. The van der Waals surface area contributed by atoms with E-state index in [9.17, 15) is 10.0 Å². The van der Waals surface area contributed by atoms with Crippen molar-refractivity contribution >= 4 is 34.3 Å². The Labute approximate surface area is 166 Å². The molecule has 10 nitrogen and oxygen atoms in total. The Morgan fingerprint density at radius 3 is 2.83 bits per heavy atom. The molecule has 1 saturated carbocycles. The van der Waals surface area contributed by atoms with Gasteiger partial charge in [0.25, 0.3) is 5.91 Å². The summed E-state index contributed by atoms with van der Waals surface area (Å²) in [5, 5.41) is 26.8. The van der Waals surface area contributed by atoms with Crippen molar-refractivity contribution in [2.24, 2.45) is 11.5 Å². The second-order valence-corrected chi connectivity index (χ2v) is 7.13. The zero-order chi connectivity index (χ0) is 20.4. The molecule has 10 heteroatoms. The molecule has 0 saturated heterocycles. The highest BCUT2D eigenvalue weighted by Crippen LogP contribution is 2.23. The summed E-state index contributed by atoms with van der Waals surface area (Å²) in [5.74, 6) is -0.283. The van der Waals surface area contributed by atoms with Crippen molar-refractivity contribution in [3.05, 3.63) is 47.4 Å². The van der Waals surface area contributed by atoms with Crippen LogP contribution in [0, 0.1) is 5.21 Å². The lowest BCUT2D eigenvalue weighted by Crippen LogP contribution is -2.43. The molecule has 4 rings (SSSR count). The first-order valence-electron chi connectivity index (χ1n) is 9.47. The molecule has 3 aromatic rings. The van der Waals surface area contributed by atoms with Crippen LogP contribution in [0.1, 0.15) is 36.2 Å². The van der Waals surface area contributed by atoms with Gasteiger partial charge in [0.2, 0.25) is 11.5 Å². The van der Waals surface area contributed by atoms with Crippen LogP contribution in [0.3, 0.4) is 0 Å². The van der Waals surface area contributed by atoms with Crippen molar-refractivity contribution in [3.8, 4) is 0 Å². The number of carbonyl (C=O) groups excluding carboxylic acids is 1. The second kappa shape index (κ2) is 7.84. The number of anilines is 3. The first-order chi connectivity index (χ1) is 14.0. The number of nitrogens with two attached hydrogens (primary N) is 2. The van der Waals surface area contributed by atoms with Crippen molar-refractivity contribution in [2.75, 3.05) is 10.6 Å². The fourth-order valence-electron chi connectivity index (χ4n) is 3.55. The van der Waals surface area contributed by atoms with Crippen LogP contribution in [-0.4, -0.2) is 33.2 Å². The van der Waals surface area contributed by atoms with E-state index in [1.807, 2.05) is 6.07 Å². The number of hydrogen-bond acceptors (Lipinski definition) is 8. The number of carbonyl (C=O) groups is 1. The fraction of sp³-hybridized carbons (Fsp3) is 0.316. The summed E-state index contributed by atoms with van der Waals surface area (Å²) in [7, 11) is 0. The predicted octanol–water partition coefficient (Wildman–Crippen LogP) is 1.18. The average molecular weight is 394 g/mol. The topological polar surface area (TPSA) is 159 Å². The molecule has 1 amide bonds. The van der Waals surface area contributed by atoms with E-state index in [0.29, 0.717) is 11.2 Å². The number of nitrogens with one attached hydrogen (secondary N) is 2. The molecule has 29 heavy (non-hydrogen) atoms. The van der Waals surface area contributed by atoms with E-state index in [0.717, 1.165) is 35.8 Å². The zero-order valence-corrected chi connectivity index (χ0v) is 15.7. The smallest absolute Gasteiger partial charge is 0.273 e. The Morgan fingerprint density at radius 2 is 2.03 bits per heavy atom. The van der Waals surface area contributed by atoms with Crippen molar-refractivity contribution in [3.63, 3.8) is 0 Å². The zero-order valence-electron chi connectivity index (χ0n) is 15.7. The molecular weight excluding hydrogens is 372 g/mol. The van der Waals surface area contributed by atoms with Crippen LogP contribution in [-0.2, 0) is 0 Å². The Morgan fingerprint density at radius 1 is 1.21 bits per heavy atom. The fourth-order valence-corrected chi connectivity index (χ4v) is 3.55. The quantitative estimate of drug-likeness (QED) is 0.371. The van der Waals surface area contributed by atoms with Gasteiger partial charge in [-0.1, -0.05) is 12.8 Å². The highest BCUT2D eigenvalue weighted by atomic mass is 16.5. The number of pyridine rings is 1. The lowest BCUT2D eigenvalue weighted by molar-refractivity contribution is -0.577. The van der Waals surface area contributed by atoms with E-state index >= 15 is 0 Å². The van der Waals surface area contributed by atoms with Gasteiger partial charge in [0.1, 0.15) is 0 Å². The van der Waals surface area contributed by atoms with Gasteiger partial charge in [-0.15, -0.1) is 10.2 Å². The third kappa shape index (κ3) is 4.02. The Hall–Kier alpha value is -3.53. The molecular formula is C19H22N8O2. The van der Waals surface area contributed by atoms with Crippen molar-refractivity contribution in [1.29, 1.82) is 0 Å². The number of aromatic nitrogens is 4. The maximum atomic E-state index is 11.8. The molecule has 2 heterocycles. The number of primary amides is 1. The largest absolute Gasteiger partial charge is 0.618 e. The molecule has 2 aromatic heterocycles. The monoisotopic (exact) mass is 394 g/mol. The molecule has 0 bridgehead atoms. The lowest BCUT2D eigenvalue weighted by Gasteiger charge is -2.29. The van der Waals surface area contributed by atoms with E-state index in [1.54, 1.807) is 24.3 Å². The molecule has 6 N–H and O–H groups in total. The third-order valence-electron chi connectivity index (χ3n) is 5.08. The molecule has 1 aromatic carbocycles. The van der Waals surface area contributed by atoms with Gasteiger partial charge in [-0.05, 0) is 31.0 Å². The average Bonchev–Trinajstić information content (AvgIpc) is 2.70. The van der Waals surface area contributed by atoms with E-state index in [-0.39, 0.29) is 29.5 Å². The summed E-state index contributed by atoms with van der Waals surface area (Å²) in [6.45, 7) is 0.